The van der Waals surface area contributed by atoms with Crippen molar-refractivity contribution in [3.8, 4) is 6.07 Å². The molecular weight excluding hydrogens is 216 g/mol. The molecule has 0 amide bonds. The fourth-order valence-corrected chi connectivity index (χ4v) is 2.10. The van der Waals surface area contributed by atoms with Crippen molar-refractivity contribution < 1.29 is 4.74 Å². The van der Waals surface area contributed by atoms with Gasteiger partial charge in [0.1, 0.15) is 0 Å². The molecule has 1 saturated heterocycles. The maximum atomic E-state index is 8.89. The second-order valence-corrected chi connectivity index (χ2v) is 4.02. The number of hydrogen-bond acceptors (Lipinski definition) is 5. The maximum Gasteiger partial charge on any atom is 0.156 e. The Hall–Kier alpha value is -1.48. The first-order valence-electron chi connectivity index (χ1n) is 5.70. The monoisotopic (exact) mass is 232 g/mol. The van der Waals surface area contributed by atoms with Crippen molar-refractivity contribution in [3.63, 3.8) is 0 Å². The number of morpholine rings is 1. The molecule has 0 spiro atoms. The lowest BCUT2D eigenvalue weighted by Crippen LogP contribution is -2.45. The van der Waals surface area contributed by atoms with E-state index in [0.29, 0.717) is 19.7 Å². The van der Waals surface area contributed by atoms with Crippen molar-refractivity contribution in [2.45, 2.75) is 12.1 Å². The van der Waals surface area contributed by atoms with Gasteiger partial charge >= 0.3 is 0 Å². The lowest BCUT2D eigenvalue weighted by atomic mass is 10.1. The maximum absolute atomic E-state index is 8.89. The number of rotatable bonds is 3. The summed E-state index contributed by atoms with van der Waals surface area (Å²) in [6, 6.07) is 6.18. The lowest BCUT2D eigenvalue weighted by molar-refractivity contribution is -0.0161. The summed E-state index contributed by atoms with van der Waals surface area (Å²) in [5.74, 6) is 0. The number of pyridine rings is 1. The Morgan fingerprint density at radius 3 is 3.24 bits per heavy atom. The molecular formula is C12H16N4O. The molecule has 1 fully saturated rings. The van der Waals surface area contributed by atoms with Gasteiger partial charge in [-0.3, -0.25) is 9.88 Å². The summed E-state index contributed by atoms with van der Waals surface area (Å²) in [4.78, 5) is 6.30. The third-order valence-corrected chi connectivity index (χ3v) is 2.98. The number of nitrogens with zero attached hydrogens (tertiary/aromatic N) is 3. The molecule has 1 aromatic rings. The zero-order chi connectivity index (χ0) is 12.1. The topological polar surface area (TPSA) is 75.2 Å². The third-order valence-electron chi connectivity index (χ3n) is 2.98. The average molecular weight is 232 g/mol. The lowest BCUT2D eigenvalue weighted by Gasteiger charge is -2.35. The Morgan fingerprint density at radius 1 is 1.71 bits per heavy atom. The van der Waals surface area contributed by atoms with Gasteiger partial charge in [0.25, 0.3) is 0 Å². The molecule has 5 heteroatoms. The quantitative estimate of drug-likeness (QED) is 0.811. The molecule has 0 aromatic carbocycles. The van der Waals surface area contributed by atoms with Gasteiger partial charge in [-0.1, -0.05) is 6.07 Å². The molecule has 90 valence electrons. The number of nitriles is 1. The van der Waals surface area contributed by atoms with Crippen LogP contribution in [0.5, 0.6) is 0 Å². The first kappa shape index (κ1) is 12.0. The number of aromatic nitrogens is 1. The summed E-state index contributed by atoms with van der Waals surface area (Å²) in [5, 5.41) is 8.89. The molecule has 2 atom stereocenters. The molecule has 1 aliphatic heterocycles. The van der Waals surface area contributed by atoms with Crippen molar-refractivity contribution in [3.05, 3.63) is 30.1 Å². The molecule has 2 heterocycles. The standard InChI is InChI=1S/C12H16N4O/c13-6-11-9-16(4-5-17-11)12(7-14)10-2-1-3-15-8-10/h1-3,8,11-12H,4-5,7,9,14H2. The minimum absolute atomic E-state index is 0.114. The van der Waals surface area contributed by atoms with E-state index >= 15 is 0 Å². The minimum atomic E-state index is -0.352. The van der Waals surface area contributed by atoms with E-state index in [-0.39, 0.29) is 12.1 Å². The van der Waals surface area contributed by atoms with Crippen molar-refractivity contribution in [1.29, 1.82) is 5.26 Å². The van der Waals surface area contributed by atoms with Crippen LogP contribution in [0.25, 0.3) is 0 Å². The SMILES string of the molecule is N#CC1CN(C(CN)c2cccnc2)CCO1. The summed E-state index contributed by atoms with van der Waals surface area (Å²) in [7, 11) is 0. The molecule has 1 aromatic heterocycles. The van der Waals surface area contributed by atoms with E-state index in [4.69, 9.17) is 15.7 Å². The van der Waals surface area contributed by atoms with Crippen molar-refractivity contribution in [2.24, 2.45) is 5.73 Å². The van der Waals surface area contributed by atoms with Crippen molar-refractivity contribution >= 4 is 0 Å². The normalized spacial score (nSPS) is 22.9. The molecule has 17 heavy (non-hydrogen) atoms. The van der Waals surface area contributed by atoms with Crippen LogP contribution in [0.15, 0.2) is 24.5 Å². The minimum Gasteiger partial charge on any atom is -0.361 e. The van der Waals surface area contributed by atoms with E-state index in [1.165, 1.54) is 0 Å². The molecule has 0 aliphatic carbocycles. The van der Waals surface area contributed by atoms with Gasteiger partial charge in [0.2, 0.25) is 0 Å². The van der Waals surface area contributed by atoms with Gasteiger partial charge < -0.3 is 10.5 Å². The molecule has 5 nitrogen and oxygen atoms in total. The van der Waals surface area contributed by atoms with E-state index in [1.54, 1.807) is 6.20 Å². The largest absolute Gasteiger partial charge is 0.361 e. The van der Waals surface area contributed by atoms with Crippen LogP contribution in [0.1, 0.15) is 11.6 Å². The molecule has 0 bridgehead atoms. The Balaban J connectivity index is 2.11. The van der Waals surface area contributed by atoms with E-state index in [9.17, 15) is 0 Å². The molecule has 0 radical (unpaired) electrons. The summed E-state index contributed by atoms with van der Waals surface area (Å²) >= 11 is 0. The fourth-order valence-electron chi connectivity index (χ4n) is 2.10. The summed E-state index contributed by atoms with van der Waals surface area (Å²) < 4.78 is 5.33. The summed E-state index contributed by atoms with van der Waals surface area (Å²) in [6.45, 7) is 2.50. The third kappa shape index (κ3) is 2.80. The number of ether oxygens (including phenoxy) is 1. The first-order chi connectivity index (χ1) is 8.35. The smallest absolute Gasteiger partial charge is 0.156 e. The molecule has 2 rings (SSSR count). The van der Waals surface area contributed by atoms with Crippen molar-refractivity contribution in [1.82, 2.24) is 9.88 Å². The van der Waals surface area contributed by atoms with Crippen LogP contribution >= 0.6 is 0 Å². The Morgan fingerprint density at radius 2 is 2.59 bits per heavy atom. The zero-order valence-electron chi connectivity index (χ0n) is 9.62. The average Bonchev–Trinajstić information content (AvgIpc) is 2.41. The van der Waals surface area contributed by atoms with Crippen LogP contribution in [-0.4, -0.2) is 42.2 Å². The van der Waals surface area contributed by atoms with Crippen LogP contribution in [0.3, 0.4) is 0 Å². The van der Waals surface area contributed by atoms with Crippen molar-refractivity contribution in [2.75, 3.05) is 26.2 Å². The van der Waals surface area contributed by atoms with Crippen LogP contribution in [0, 0.1) is 11.3 Å². The highest BCUT2D eigenvalue weighted by Crippen LogP contribution is 2.21. The van der Waals surface area contributed by atoms with Crippen LogP contribution in [-0.2, 0) is 4.74 Å². The Kier molecular flexibility index (Phi) is 4.04. The zero-order valence-corrected chi connectivity index (χ0v) is 9.62. The summed E-state index contributed by atoms with van der Waals surface area (Å²) in [5.41, 5.74) is 6.92. The highest BCUT2D eigenvalue weighted by atomic mass is 16.5. The predicted octanol–water partition coefficient (Wildman–Crippen LogP) is 0.306. The predicted molar refractivity (Wildman–Crippen MR) is 63.0 cm³/mol. The van der Waals surface area contributed by atoms with Gasteiger partial charge in [-0.15, -0.1) is 0 Å². The van der Waals surface area contributed by atoms with E-state index < -0.39 is 0 Å². The van der Waals surface area contributed by atoms with Gasteiger partial charge in [-0.25, -0.2) is 0 Å². The van der Waals surface area contributed by atoms with Crippen LogP contribution < -0.4 is 5.73 Å². The van der Waals surface area contributed by atoms with Crippen LogP contribution in [0.4, 0.5) is 0 Å². The van der Waals surface area contributed by atoms with Crippen LogP contribution in [0.2, 0.25) is 0 Å². The molecule has 1 aliphatic rings. The van der Waals surface area contributed by atoms with E-state index in [1.807, 2.05) is 18.3 Å². The second-order valence-electron chi connectivity index (χ2n) is 4.02. The van der Waals surface area contributed by atoms with Gasteiger partial charge in [0.15, 0.2) is 6.10 Å². The fraction of sp³-hybridized carbons (Fsp3) is 0.500. The Labute approximate surface area is 101 Å². The highest BCUT2D eigenvalue weighted by molar-refractivity contribution is 5.15. The summed E-state index contributed by atoms with van der Waals surface area (Å²) in [6.07, 6.45) is 3.22. The number of nitrogens with two attached hydrogens (primary N) is 1. The second kappa shape index (κ2) is 5.73. The van der Waals surface area contributed by atoms with Gasteiger partial charge in [0.05, 0.1) is 12.7 Å². The van der Waals surface area contributed by atoms with E-state index in [2.05, 4.69) is 16.0 Å². The Bertz CT molecular complexity index is 389. The molecule has 2 N–H and O–H groups in total. The number of hydrogen-bond donors (Lipinski definition) is 1. The molecule has 2 unspecified atom stereocenters. The van der Waals surface area contributed by atoms with Gasteiger partial charge in [0, 0.05) is 38.1 Å². The highest BCUT2D eigenvalue weighted by Gasteiger charge is 2.26. The first-order valence-corrected chi connectivity index (χ1v) is 5.70. The van der Waals surface area contributed by atoms with Gasteiger partial charge in [-0.05, 0) is 11.6 Å². The van der Waals surface area contributed by atoms with Gasteiger partial charge in [-0.2, -0.15) is 5.26 Å². The molecule has 0 saturated carbocycles. The van der Waals surface area contributed by atoms with E-state index in [0.717, 1.165) is 12.1 Å².